The summed E-state index contributed by atoms with van der Waals surface area (Å²) in [6.45, 7) is 1.08. The molecule has 4 aromatic heterocycles. The van der Waals surface area contributed by atoms with Crippen molar-refractivity contribution in [1.29, 1.82) is 0 Å². The summed E-state index contributed by atoms with van der Waals surface area (Å²) in [6, 6.07) is 5.87. The number of methoxy groups -OCH3 is 2. The Labute approximate surface area is 207 Å². The van der Waals surface area contributed by atoms with Crippen molar-refractivity contribution in [1.82, 2.24) is 29.5 Å². The highest BCUT2D eigenvalue weighted by atomic mass is 16.5. The maximum absolute atomic E-state index is 13.2. The SMILES string of the molecule is CNc1cc(-c2cn([C@@H]3COC[C@H]3OC)c3ncccc23)nc2c(C(=O)NC3CC[C@@H]3OC)cnn12. The predicted molar refractivity (Wildman–Crippen MR) is 133 cm³/mol. The molecule has 36 heavy (non-hydrogen) atoms. The molecular formula is C25H29N7O4. The number of rotatable bonds is 7. The highest BCUT2D eigenvalue weighted by Crippen LogP contribution is 2.35. The van der Waals surface area contributed by atoms with Crippen LogP contribution in [0, 0.1) is 0 Å². The molecule has 4 aromatic rings. The topological polar surface area (TPSA) is 117 Å². The number of anilines is 1. The van der Waals surface area contributed by atoms with Gasteiger partial charge in [-0.2, -0.15) is 9.61 Å². The minimum Gasteiger partial charge on any atom is -0.379 e. The smallest absolute Gasteiger partial charge is 0.257 e. The van der Waals surface area contributed by atoms with Gasteiger partial charge in [0.25, 0.3) is 5.91 Å². The van der Waals surface area contributed by atoms with Gasteiger partial charge in [-0.3, -0.25) is 4.79 Å². The van der Waals surface area contributed by atoms with Crippen LogP contribution in [-0.2, 0) is 14.2 Å². The number of nitrogens with zero attached hydrogens (tertiary/aromatic N) is 5. The van der Waals surface area contributed by atoms with Crippen molar-refractivity contribution in [2.45, 2.75) is 37.1 Å². The molecule has 11 heteroatoms. The van der Waals surface area contributed by atoms with Crippen molar-refractivity contribution in [2.24, 2.45) is 0 Å². The number of hydrogen-bond donors (Lipinski definition) is 2. The molecule has 2 N–H and O–H groups in total. The molecule has 0 spiro atoms. The van der Waals surface area contributed by atoms with Crippen LogP contribution in [0.1, 0.15) is 29.2 Å². The average Bonchev–Trinajstić information content (AvgIpc) is 3.62. The summed E-state index contributed by atoms with van der Waals surface area (Å²) in [6.07, 6.45) is 7.21. The van der Waals surface area contributed by atoms with E-state index in [1.807, 2.05) is 25.2 Å². The third kappa shape index (κ3) is 3.62. The van der Waals surface area contributed by atoms with Crippen molar-refractivity contribution in [2.75, 3.05) is 39.8 Å². The Hall–Kier alpha value is -3.54. The Morgan fingerprint density at radius 1 is 1.17 bits per heavy atom. The van der Waals surface area contributed by atoms with E-state index in [0.717, 1.165) is 35.3 Å². The second-order valence-electron chi connectivity index (χ2n) is 9.21. The van der Waals surface area contributed by atoms with E-state index in [2.05, 4.69) is 31.5 Å². The van der Waals surface area contributed by atoms with Crippen molar-refractivity contribution < 1.29 is 19.0 Å². The van der Waals surface area contributed by atoms with Crippen LogP contribution in [0.5, 0.6) is 0 Å². The largest absolute Gasteiger partial charge is 0.379 e. The number of amides is 1. The van der Waals surface area contributed by atoms with Crippen LogP contribution in [0.25, 0.3) is 27.9 Å². The van der Waals surface area contributed by atoms with Crippen LogP contribution in [0.15, 0.2) is 36.8 Å². The average molecular weight is 492 g/mol. The van der Waals surface area contributed by atoms with Gasteiger partial charge in [-0.05, 0) is 25.0 Å². The van der Waals surface area contributed by atoms with Crippen LogP contribution >= 0.6 is 0 Å². The van der Waals surface area contributed by atoms with E-state index in [1.165, 1.54) is 0 Å². The normalized spacial score (nSPS) is 23.8. The predicted octanol–water partition coefficient (Wildman–Crippen LogP) is 2.28. The van der Waals surface area contributed by atoms with E-state index in [0.29, 0.717) is 30.1 Å². The number of nitrogens with one attached hydrogen (secondary N) is 2. The summed E-state index contributed by atoms with van der Waals surface area (Å²) in [5.74, 6) is 0.509. The van der Waals surface area contributed by atoms with Crippen molar-refractivity contribution in [3.05, 3.63) is 42.4 Å². The van der Waals surface area contributed by atoms with Gasteiger partial charge in [-0.15, -0.1) is 0 Å². The van der Waals surface area contributed by atoms with Crippen LogP contribution in [0.4, 0.5) is 5.82 Å². The Balaban J connectivity index is 1.45. The monoisotopic (exact) mass is 491 g/mol. The maximum Gasteiger partial charge on any atom is 0.257 e. The van der Waals surface area contributed by atoms with Gasteiger partial charge in [-0.1, -0.05) is 0 Å². The van der Waals surface area contributed by atoms with E-state index in [-0.39, 0.29) is 30.2 Å². The van der Waals surface area contributed by atoms with Crippen LogP contribution in [-0.4, -0.2) is 82.8 Å². The van der Waals surface area contributed by atoms with Crippen molar-refractivity contribution in [3.63, 3.8) is 0 Å². The van der Waals surface area contributed by atoms with Gasteiger partial charge in [0.05, 0.1) is 43.3 Å². The van der Waals surface area contributed by atoms with Gasteiger partial charge < -0.3 is 29.4 Å². The zero-order valence-electron chi connectivity index (χ0n) is 20.5. The summed E-state index contributed by atoms with van der Waals surface area (Å²) >= 11 is 0. The number of hydrogen-bond acceptors (Lipinski definition) is 8. The zero-order chi connectivity index (χ0) is 24.8. The lowest BCUT2D eigenvalue weighted by Gasteiger charge is -2.35. The first-order valence-electron chi connectivity index (χ1n) is 12.1. The van der Waals surface area contributed by atoms with Crippen molar-refractivity contribution >= 4 is 28.4 Å². The fourth-order valence-electron chi connectivity index (χ4n) is 5.15. The van der Waals surface area contributed by atoms with E-state index < -0.39 is 0 Å². The molecule has 0 radical (unpaired) electrons. The van der Waals surface area contributed by atoms with Gasteiger partial charge in [0.1, 0.15) is 23.1 Å². The van der Waals surface area contributed by atoms with E-state index in [9.17, 15) is 4.79 Å². The van der Waals surface area contributed by atoms with Crippen molar-refractivity contribution in [3.8, 4) is 11.3 Å². The van der Waals surface area contributed by atoms with E-state index in [4.69, 9.17) is 19.2 Å². The summed E-state index contributed by atoms with van der Waals surface area (Å²) in [5, 5.41) is 11.7. The quantitative estimate of drug-likeness (QED) is 0.405. The van der Waals surface area contributed by atoms with Crippen LogP contribution in [0.3, 0.4) is 0 Å². The van der Waals surface area contributed by atoms with Crippen LogP contribution in [0.2, 0.25) is 0 Å². The highest BCUT2D eigenvalue weighted by molar-refractivity contribution is 6.01. The molecule has 0 aromatic carbocycles. The lowest BCUT2D eigenvalue weighted by atomic mass is 9.89. The lowest BCUT2D eigenvalue weighted by molar-refractivity contribution is 0.00732. The molecule has 2 fully saturated rings. The summed E-state index contributed by atoms with van der Waals surface area (Å²) in [4.78, 5) is 22.7. The third-order valence-corrected chi connectivity index (χ3v) is 7.33. The minimum atomic E-state index is -0.210. The third-order valence-electron chi connectivity index (χ3n) is 7.33. The van der Waals surface area contributed by atoms with E-state index >= 15 is 0 Å². The first-order valence-corrected chi connectivity index (χ1v) is 12.1. The molecule has 188 valence electrons. The second kappa shape index (κ2) is 9.16. The number of carbonyl (C=O) groups is 1. The summed E-state index contributed by atoms with van der Waals surface area (Å²) < 4.78 is 20.6. The first-order chi connectivity index (χ1) is 17.6. The Morgan fingerprint density at radius 2 is 2.03 bits per heavy atom. The molecular weight excluding hydrogens is 462 g/mol. The number of fused-ring (bicyclic) bond motifs is 2. The molecule has 2 aliphatic rings. The fraction of sp³-hybridized carbons (Fsp3) is 0.440. The second-order valence-corrected chi connectivity index (χ2v) is 9.21. The molecule has 1 unspecified atom stereocenters. The van der Waals surface area contributed by atoms with Gasteiger partial charge in [-0.25, -0.2) is 9.97 Å². The molecule has 1 aliphatic heterocycles. The molecule has 11 nitrogen and oxygen atoms in total. The van der Waals surface area contributed by atoms with Crippen LogP contribution < -0.4 is 10.6 Å². The van der Waals surface area contributed by atoms with Gasteiger partial charge in [0.15, 0.2) is 5.65 Å². The Kier molecular flexibility index (Phi) is 5.82. The number of aromatic nitrogens is 5. The number of pyridine rings is 1. The number of carbonyl (C=O) groups excluding carboxylic acids is 1. The maximum atomic E-state index is 13.2. The molecule has 1 saturated carbocycles. The summed E-state index contributed by atoms with van der Waals surface area (Å²) in [5.41, 5.74) is 3.35. The Bertz CT molecular complexity index is 1430. The molecule has 4 atom stereocenters. The molecule has 6 rings (SSSR count). The van der Waals surface area contributed by atoms with Gasteiger partial charge in [0.2, 0.25) is 0 Å². The molecule has 5 heterocycles. The molecule has 1 aliphatic carbocycles. The number of ether oxygens (including phenoxy) is 3. The zero-order valence-corrected chi connectivity index (χ0v) is 20.5. The molecule has 0 bridgehead atoms. The Morgan fingerprint density at radius 3 is 2.78 bits per heavy atom. The van der Waals surface area contributed by atoms with E-state index in [1.54, 1.807) is 31.1 Å². The standard InChI is InChI=1S/C25H29N7O4/c1-26-22-9-18(29-24-15(10-28-32(22)24)25(33)30-17-6-7-20(17)34-2)16-11-31(19-12-36-13-21(19)35-3)23-14(16)5-4-8-27-23/h4-5,8-11,17,19-21,26H,6-7,12-13H2,1-3H3,(H,30,33)/t17?,19-,20+,21-/m1/s1. The van der Waals surface area contributed by atoms with Gasteiger partial charge >= 0.3 is 0 Å². The van der Waals surface area contributed by atoms with Gasteiger partial charge in [0, 0.05) is 50.7 Å². The molecule has 1 amide bonds. The fourth-order valence-corrected chi connectivity index (χ4v) is 5.15. The summed E-state index contributed by atoms with van der Waals surface area (Å²) in [7, 11) is 5.19. The molecule has 1 saturated heterocycles. The first kappa shape index (κ1) is 22.9. The lowest BCUT2D eigenvalue weighted by Crippen LogP contribution is -2.51. The minimum absolute atomic E-state index is 0.00108. The highest BCUT2D eigenvalue weighted by Gasteiger charge is 2.34.